The molecule has 1 aromatic carbocycles. The van der Waals surface area contributed by atoms with E-state index in [4.69, 9.17) is 14.0 Å². The van der Waals surface area contributed by atoms with Crippen LogP contribution < -0.4 is 14.8 Å². The summed E-state index contributed by atoms with van der Waals surface area (Å²) in [5.74, 6) is 1.89. The van der Waals surface area contributed by atoms with Crippen LogP contribution in [-0.2, 0) is 0 Å². The number of nitrogens with one attached hydrogen (secondary N) is 1. The van der Waals surface area contributed by atoms with Gasteiger partial charge in [0.25, 0.3) is 5.91 Å². The highest BCUT2D eigenvalue weighted by atomic mass is 32.1. The van der Waals surface area contributed by atoms with Gasteiger partial charge in [0.05, 0.1) is 19.1 Å². The number of aromatic nitrogens is 2. The summed E-state index contributed by atoms with van der Waals surface area (Å²) in [5.41, 5.74) is 0.731. The Labute approximate surface area is 161 Å². The van der Waals surface area contributed by atoms with E-state index in [0.29, 0.717) is 28.1 Å². The van der Waals surface area contributed by atoms with Crippen molar-refractivity contribution in [3.63, 3.8) is 0 Å². The molecule has 0 aliphatic heterocycles. The van der Waals surface area contributed by atoms with Crippen LogP contribution in [0.1, 0.15) is 35.5 Å². The number of hydrogen-bond donors (Lipinski definition) is 1. The molecule has 0 aliphatic carbocycles. The first-order valence-electron chi connectivity index (χ1n) is 8.43. The molecular weight excluding hydrogens is 366 g/mol. The van der Waals surface area contributed by atoms with Crippen molar-refractivity contribution in [3.8, 4) is 22.9 Å². The quantitative estimate of drug-likeness (QED) is 0.661. The average molecular weight is 387 g/mol. The molecular formula is C19H21N3O4S. The molecule has 2 aromatic heterocycles. The summed E-state index contributed by atoms with van der Waals surface area (Å²) in [4.78, 5) is 17.5. The van der Waals surface area contributed by atoms with Crippen molar-refractivity contribution >= 4 is 17.2 Å². The van der Waals surface area contributed by atoms with Crippen molar-refractivity contribution in [1.82, 2.24) is 15.5 Å². The van der Waals surface area contributed by atoms with Gasteiger partial charge in [0.2, 0.25) is 11.7 Å². The number of rotatable bonds is 7. The number of carbonyl (C=O) groups is 1. The molecule has 2 heterocycles. The summed E-state index contributed by atoms with van der Waals surface area (Å²) < 4.78 is 16.0. The van der Waals surface area contributed by atoms with Crippen LogP contribution in [0.15, 0.2) is 40.2 Å². The number of benzene rings is 1. The minimum atomic E-state index is -0.388. The van der Waals surface area contributed by atoms with Crippen LogP contribution in [0.2, 0.25) is 0 Å². The average Bonchev–Trinajstić information content (AvgIpc) is 3.37. The number of methoxy groups -OCH3 is 2. The van der Waals surface area contributed by atoms with Gasteiger partial charge in [-0.1, -0.05) is 25.1 Å². The largest absolute Gasteiger partial charge is 0.493 e. The second-order valence-corrected chi connectivity index (χ2v) is 7.15. The minimum absolute atomic E-state index is 0.0765. The Morgan fingerprint density at radius 1 is 1.19 bits per heavy atom. The summed E-state index contributed by atoms with van der Waals surface area (Å²) in [6, 6.07) is 8.61. The van der Waals surface area contributed by atoms with Crippen molar-refractivity contribution in [2.24, 2.45) is 5.92 Å². The molecule has 0 spiro atoms. The zero-order valence-electron chi connectivity index (χ0n) is 15.6. The molecule has 142 valence electrons. The van der Waals surface area contributed by atoms with E-state index in [2.05, 4.69) is 15.5 Å². The van der Waals surface area contributed by atoms with E-state index in [1.807, 2.05) is 31.4 Å². The van der Waals surface area contributed by atoms with Gasteiger partial charge in [-0.15, -0.1) is 11.3 Å². The third kappa shape index (κ3) is 4.11. The number of nitrogens with zero attached hydrogens (tertiary/aromatic N) is 2. The van der Waals surface area contributed by atoms with Crippen LogP contribution in [0.5, 0.6) is 11.5 Å². The Morgan fingerprint density at radius 3 is 2.59 bits per heavy atom. The van der Waals surface area contributed by atoms with Crippen molar-refractivity contribution < 1.29 is 18.8 Å². The Balaban J connectivity index is 1.85. The van der Waals surface area contributed by atoms with Crippen LogP contribution in [0, 0.1) is 5.92 Å². The number of carbonyl (C=O) groups excluding carboxylic acids is 1. The first kappa shape index (κ1) is 18.9. The van der Waals surface area contributed by atoms with Gasteiger partial charge in [-0.25, -0.2) is 0 Å². The highest BCUT2D eigenvalue weighted by molar-refractivity contribution is 7.12. The third-order valence-corrected chi connectivity index (χ3v) is 4.92. The number of thiophene rings is 1. The van der Waals surface area contributed by atoms with Crippen LogP contribution in [0.3, 0.4) is 0 Å². The molecule has 27 heavy (non-hydrogen) atoms. The fourth-order valence-corrected chi connectivity index (χ4v) is 3.21. The molecule has 1 N–H and O–H groups in total. The van der Waals surface area contributed by atoms with E-state index in [9.17, 15) is 4.79 Å². The van der Waals surface area contributed by atoms with Gasteiger partial charge in [0.1, 0.15) is 6.04 Å². The van der Waals surface area contributed by atoms with E-state index in [1.54, 1.807) is 32.4 Å². The van der Waals surface area contributed by atoms with E-state index in [-0.39, 0.29) is 17.9 Å². The molecule has 0 aliphatic rings. The normalized spacial score (nSPS) is 12.0. The molecule has 8 heteroatoms. The first-order valence-corrected chi connectivity index (χ1v) is 9.31. The monoisotopic (exact) mass is 387 g/mol. The SMILES string of the molecule is COc1ccc(-c2noc([C@@H](NC(=O)c3cccs3)C(C)C)n2)cc1OC. The topological polar surface area (TPSA) is 86.5 Å². The van der Waals surface area contributed by atoms with Gasteiger partial charge in [0.15, 0.2) is 11.5 Å². The van der Waals surface area contributed by atoms with E-state index in [1.165, 1.54) is 11.3 Å². The lowest BCUT2D eigenvalue weighted by Crippen LogP contribution is -2.31. The van der Waals surface area contributed by atoms with Crippen LogP contribution in [0.25, 0.3) is 11.4 Å². The zero-order valence-corrected chi connectivity index (χ0v) is 16.4. The lowest BCUT2D eigenvalue weighted by Gasteiger charge is -2.17. The molecule has 0 saturated heterocycles. The molecule has 7 nitrogen and oxygen atoms in total. The van der Waals surface area contributed by atoms with Crippen LogP contribution in [0.4, 0.5) is 0 Å². The minimum Gasteiger partial charge on any atom is -0.493 e. The lowest BCUT2D eigenvalue weighted by molar-refractivity contribution is 0.0918. The maximum atomic E-state index is 12.4. The van der Waals surface area contributed by atoms with Crippen LogP contribution >= 0.6 is 11.3 Å². The summed E-state index contributed by atoms with van der Waals surface area (Å²) in [7, 11) is 3.14. The van der Waals surface area contributed by atoms with E-state index in [0.717, 1.165) is 5.56 Å². The molecule has 0 bridgehead atoms. The fourth-order valence-electron chi connectivity index (χ4n) is 2.59. The van der Waals surface area contributed by atoms with E-state index < -0.39 is 0 Å². The maximum Gasteiger partial charge on any atom is 0.262 e. The number of amides is 1. The number of ether oxygens (including phenoxy) is 2. The zero-order chi connectivity index (χ0) is 19.4. The highest BCUT2D eigenvalue weighted by Gasteiger charge is 2.26. The Bertz CT molecular complexity index is 906. The predicted molar refractivity (Wildman–Crippen MR) is 102 cm³/mol. The molecule has 0 fully saturated rings. The Hall–Kier alpha value is -2.87. The molecule has 1 atom stereocenters. The summed E-state index contributed by atoms with van der Waals surface area (Å²) >= 11 is 1.39. The first-order chi connectivity index (χ1) is 13.0. The standard InChI is InChI=1S/C19H21N3O4S/c1-11(2)16(20-18(23)15-6-5-9-27-15)19-21-17(22-26-19)12-7-8-13(24-3)14(10-12)25-4/h5-11,16H,1-4H3,(H,20,23)/t16-/m0/s1. The summed E-state index contributed by atoms with van der Waals surface area (Å²) in [6.45, 7) is 3.97. The molecule has 3 rings (SSSR count). The molecule has 1 amide bonds. The molecule has 0 unspecified atom stereocenters. The second kappa shape index (κ2) is 8.22. The maximum absolute atomic E-state index is 12.4. The van der Waals surface area contributed by atoms with Crippen molar-refractivity contribution in [1.29, 1.82) is 0 Å². The van der Waals surface area contributed by atoms with Gasteiger partial charge in [0, 0.05) is 5.56 Å². The highest BCUT2D eigenvalue weighted by Crippen LogP contribution is 2.32. The second-order valence-electron chi connectivity index (χ2n) is 6.20. The van der Waals surface area contributed by atoms with Crippen molar-refractivity contribution in [2.45, 2.75) is 19.9 Å². The molecule has 0 radical (unpaired) electrons. The van der Waals surface area contributed by atoms with E-state index >= 15 is 0 Å². The lowest BCUT2D eigenvalue weighted by atomic mass is 10.0. The summed E-state index contributed by atoms with van der Waals surface area (Å²) in [5, 5.41) is 8.89. The Morgan fingerprint density at radius 2 is 1.96 bits per heavy atom. The van der Waals surface area contributed by atoms with Gasteiger partial charge >= 0.3 is 0 Å². The third-order valence-electron chi connectivity index (χ3n) is 4.05. The van der Waals surface area contributed by atoms with Crippen molar-refractivity contribution in [3.05, 3.63) is 46.5 Å². The van der Waals surface area contributed by atoms with Gasteiger partial charge in [-0.05, 0) is 35.6 Å². The molecule has 0 saturated carbocycles. The van der Waals surface area contributed by atoms with Crippen LogP contribution in [-0.4, -0.2) is 30.3 Å². The Kier molecular flexibility index (Phi) is 5.75. The van der Waals surface area contributed by atoms with Gasteiger partial charge < -0.3 is 19.3 Å². The van der Waals surface area contributed by atoms with Crippen molar-refractivity contribution in [2.75, 3.05) is 14.2 Å². The smallest absolute Gasteiger partial charge is 0.262 e. The van der Waals surface area contributed by atoms with Gasteiger partial charge in [-0.2, -0.15) is 4.98 Å². The predicted octanol–water partition coefficient (Wildman–Crippen LogP) is 3.94. The summed E-state index contributed by atoms with van der Waals surface area (Å²) in [6.07, 6.45) is 0. The molecule has 3 aromatic rings. The number of hydrogen-bond acceptors (Lipinski definition) is 7. The van der Waals surface area contributed by atoms with Gasteiger partial charge in [-0.3, -0.25) is 4.79 Å². The fraction of sp³-hybridized carbons (Fsp3) is 0.316.